The van der Waals surface area contributed by atoms with Crippen molar-refractivity contribution in [3.63, 3.8) is 0 Å². The van der Waals surface area contributed by atoms with Gasteiger partial charge in [-0.1, -0.05) is 24.3 Å². The average molecular weight is 979 g/mol. The molecule has 22 nitrogen and oxygen atoms in total. The largest absolute Gasteiger partial charge is 0.324 e. The van der Waals surface area contributed by atoms with Crippen LogP contribution in [0.5, 0.6) is 0 Å². The van der Waals surface area contributed by atoms with E-state index in [4.69, 9.17) is 23.2 Å². The molecule has 0 aliphatic rings. The summed E-state index contributed by atoms with van der Waals surface area (Å²) in [7, 11) is -18.7. The summed E-state index contributed by atoms with van der Waals surface area (Å²) in [5.41, 5.74) is 0.419. The van der Waals surface area contributed by atoms with E-state index in [1.54, 1.807) is 0 Å². The van der Waals surface area contributed by atoms with Crippen LogP contribution in [0.25, 0.3) is 12.2 Å². The van der Waals surface area contributed by atoms with Crippen LogP contribution in [0.3, 0.4) is 0 Å². The number of nitrogens with one attached hydrogen (secondary N) is 4. The van der Waals surface area contributed by atoms with Gasteiger partial charge in [-0.3, -0.25) is 18.2 Å². The molecule has 29 heteroatoms. The molecule has 0 saturated carbocycles. The smallest absolute Gasteiger partial charge is 0.295 e. The fraction of sp³-hybridized carbons (Fsp3) is 0. The molecular weight excluding hydrogens is 955 g/mol. The van der Waals surface area contributed by atoms with Crippen LogP contribution in [0.1, 0.15) is 11.1 Å². The predicted molar refractivity (Wildman–Crippen MR) is 223 cm³/mol. The molecular formula is C32H24Cl2KN10O12S4. The first-order chi connectivity index (χ1) is 28.0. The van der Waals surface area contributed by atoms with Crippen molar-refractivity contribution in [2.24, 2.45) is 0 Å². The van der Waals surface area contributed by atoms with Crippen LogP contribution in [0.4, 0.5) is 46.5 Å². The van der Waals surface area contributed by atoms with E-state index in [0.29, 0.717) is 11.4 Å². The number of aromatic nitrogens is 6. The molecule has 0 atom stereocenters. The minimum Gasteiger partial charge on any atom is -0.324 e. The van der Waals surface area contributed by atoms with E-state index < -0.39 is 50.3 Å². The van der Waals surface area contributed by atoms with Crippen molar-refractivity contribution in [1.82, 2.24) is 29.9 Å². The van der Waals surface area contributed by atoms with E-state index in [1.165, 1.54) is 48.5 Å². The Morgan fingerprint density at radius 3 is 0.967 bits per heavy atom. The van der Waals surface area contributed by atoms with Crippen LogP contribution in [-0.4, -0.2) is 133 Å². The third kappa shape index (κ3) is 13.1. The topological polar surface area (TPSA) is 343 Å². The molecule has 6 aromatic rings. The summed E-state index contributed by atoms with van der Waals surface area (Å²) in [6.07, 6.45) is 2.32. The summed E-state index contributed by atoms with van der Waals surface area (Å²) in [6.45, 7) is 0. The van der Waals surface area contributed by atoms with Crippen LogP contribution in [-0.2, 0) is 40.5 Å². The van der Waals surface area contributed by atoms with Crippen molar-refractivity contribution in [2.45, 2.75) is 19.6 Å². The Morgan fingerprint density at radius 1 is 0.410 bits per heavy atom. The first-order valence-electron chi connectivity index (χ1n) is 16.0. The van der Waals surface area contributed by atoms with Gasteiger partial charge in [0.15, 0.2) is 0 Å². The first kappa shape index (κ1) is 47.7. The Kier molecular flexibility index (Phi) is 14.9. The van der Waals surface area contributed by atoms with Gasteiger partial charge in [0.25, 0.3) is 40.5 Å². The maximum absolute atomic E-state index is 12.5. The Labute approximate surface area is 398 Å². The van der Waals surface area contributed by atoms with Gasteiger partial charge in [-0.2, -0.15) is 63.6 Å². The quantitative estimate of drug-likeness (QED) is 0.0399. The minimum atomic E-state index is -4.93. The third-order valence-corrected chi connectivity index (χ3v) is 11.5. The number of hydrogen-bond acceptors (Lipinski definition) is 18. The number of benzene rings is 4. The second-order valence-electron chi connectivity index (χ2n) is 11.8. The van der Waals surface area contributed by atoms with Gasteiger partial charge in [0.1, 0.15) is 9.79 Å². The molecule has 4 aromatic carbocycles. The van der Waals surface area contributed by atoms with Crippen LogP contribution >= 0.6 is 23.2 Å². The molecule has 6 rings (SSSR count). The molecule has 0 aliphatic carbocycles. The summed E-state index contributed by atoms with van der Waals surface area (Å²) in [6, 6.07) is 17.0. The molecule has 61 heavy (non-hydrogen) atoms. The minimum absolute atomic E-state index is 0. The first-order valence-corrected chi connectivity index (χ1v) is 22.5. The zero-order chi connectivity index (χ0) is 43.6. The monoisotopic (exact) mass is 977 g/mol. The SMILES string of the molecule is O=S(=O)(O)c1ccc(Nc2nc(Cl)nc(Nc3ccc(C=Cc4ccc(Nc5nc(Cl)nc(Nc6ccc(S(=O)(=O)O)cc6)n5)cc4S(=O)(=O)O)c(S(=O)(=O)O)c3)n2)cc1.[K]. The Morgan fingerprint density at radius 2 is 0.689 bits per heavy atom. The predicted octanol–water partition coefficient (Wildman–Crippen LogP) is 5.11. The molecule has 313 valence electrons. The summed E-state index contributed by atoms with van der Waals surface area (Å²) >= 11 is 12.1. The van der Waals surface area contributed by atoms with Crippen molar-refractivity contribution >= 4 is 174 Å². The van der Waals surface area contributed by atoms with Crippen molar-refractivity contribution in [2.75, 3.05) is 21.3 Å². The van der Waals surface area contributed by atoms with Gasteiger partial charge in [0, 0.05) is 74.1 Å². The molecule has 1 radical (unpaired) electrons. The Hall–Kier alpha value is -4.30. The maximum atomic E-state index is 12.5. The van der Waals surface area contributed by atoms with Gasteiger partial charge in [0.05, 0.1) is 9.79 Å². The summed E-state index contributed by atoms with van der Waals surface area (Å²) in [4.78, 5) is 22.0. The fourth-order valence-electron chi connectivity index (χ4n) is 4.99. The Balaban J connectivity index is 0.00000704. The summed E-state index contributed by atoms with van der Waals surface area (Å²) in [5, 5.41) is 10.4. The van der Waals surface area contributed by atoms with Gasteiger partial charge in [-0.05, 0) is 107 Å². The third-order valence-electron chi connectivity index (χ3n) is 7.57. The second-order valence-corrected chi connectivity index (χ2v) is 18.1. The molecule has 8 N–H and O–H groups in total. The van der Waals surface area contributed by atoms with Crippen LogP contribution < -0.4 is 21.3 Å². The van der Waals surface area contributed by atoms with Crippen LogP contribution in [0, 0.1) is 0 Å². The van der Waals surface area contributed by atoms with Gasteiger partial charge >= 0.3 is 0 Å². The van der Waals surface area contributed by atoms with Crippen molar-refractivity contribution < 1.29 is 51.9 Å². The van der Waals surface area contributed by atoms with E-state index in [9.17, 15) is 51.9 Å². The summed E-state index contributed by atoms with van der Waals surface area (Å²) < 4.78 is 134. The molecule has 0 fully saturated rings. The normalized spacial score (nSPS) is 12.1. The van der Waals surface area contributed by atoms with E-state index >= 15 is 0 Å². The standard InChI is InChI=1S/C32H24Cl2N10O12S4.K/c33-27-39-29(35-19-7-11-23(12-8-19)57(45,46)47)43-31(41-27)37-21-5-3-17(25(15-21)59(51,52)53)1-2-18-4-6-22(16-26(18)60(54,55)56)38-32-42-28(34)40-30(44-32)36-20-9-13-24(14-10-20)58(48,49)50;/h1-16H,(H,45,46,47)(H,48,49,50)(H,51,52,53)(H,54,55,56)(H2,35,37,39,41,43)(H2,36,38,40,42,44);. The van der Waals surface area contributed by atoms with E-state index in [2.05, 4.69) is 51.2 Å². The number of halogens is 2. The molecule has 0 spiro atoms. The van der Waals surface area contributed by atoms with E-state index in [0.717, 1.165) is 48.6 Å². The Bertz CT molecular complexity index is 2930. The van der Waals surface area contributed by atoms with Crippen molar-refractivity contribution in [3.05, 3.63) is 107 Å². The molecule has 0 saturated heterocycles. The molecule has 0 amide bonds. The van der Waals surface area contributed by atoms with Gasteiger partial charge in [-0.15, -0.1) is 0 Å². The van der Waals surface area contributed by atoms with E-state index in [-0.39, 0.29) is 118 Å². The molecule has 2 aromatic heterocycles. The fourth-order valence-corrected chi connectivity index (χ4v) is 7.69. The maximum Gasteiger partial charge on any atom is 0.295 e. The number of rotatable bonds is 14. The van der Waals surface area contributed by atoms with Crippen LogP contribution in [0.2, 0.25) is 10.6 Å². The van der Waals surface area contributed by atoms with Crippen molar-refractivity contribution in [3.8, 4) is 0 Å². The zero-order valence-corrected chi connectivity index (χ0v) is 38.3. The molecule has 0 unspecified atom stereocenters. The van der Waals surface area contributed by atoms with Gasteiger partial charge in [-0.25, -0.2) is 0 Å². The van der Waals surface area contributed by atoms with Crippen molar-refractivity contribution in [1.29, 1.82) is 0 Å². The van der Waals surface area contributed by atoms with E-state index in [1.807, 2.05) is 0 Å². The second kappa shape index (κ2) is 19.0. The average Bonchev–Trinajstić information content (AvgIpc) is 3.13. The number of nitrogens with zero attached hydrogens (tertiary/aromatic N) is 6. The molecule has 2 heterocycles. The van der Waals surface area contributed by atoms with Crippen LogP contribution in [0.15, 0.2) is 105 Å². The number of anilines is 8. The molecule has 0 aliphatic heterocycles. The summed E-state index contributed by atoms with van der Waals surface area (Å²) in [5.74, 6) is -0.623. The molecule has 0 bridgehead atoms. The van der Waals surface area contributed by atoms with Gasteiger partial charge < -0.3 is 21.3 Å². The zero-order valence-electron chi connectivity index (χ0n) is 30.4. The number of hydrogen-bond donors (Lipinski definition) is 8. The van der Waals surface area contributed by atoms with Gasteiger partial charge in [0.2, 0.25) is 34.4 Å².